The standard InChI is InChI=1S/C13H22N2OS/c1-9(2)11-10(8-16)17-12(14-11)15-7-5-6-13(15,3)4/h9,16H,5-8H2,1-4H3. The topological polar surface area (TPSA) is 36.4 Å². The Kier molecular flexibility index (Phi) is 3.46. The monoisotopic (exact) mass is 254 g/mol. The fourth-order valence-electron chi connectivity index (χ4n) is 2.49. The highest BCUT2D eigenvalue weighted by Crippen LogP contribution is 2.38. The SMILES string of the molecule is CC(C)c1nc(N2CCCC2(C)C)sc1CO. The Hall–Kier alpha value is -0.610. The van der Waals surface area contributed by atoms with Crippen LogP contribution in [0.15, 0.2) is 0 Å². The summed E-state index contributed by atoms with van der Waals surface area (Å²) < 4.78 is 0. The first-order valence-corrected chi connectivity index (χ1v) is 7.15. The van der Waals surface area contributed by atoms with Gasteiger partial charge in [-0.25, -0.2) is 4.98 Å². The molecule has 1 aromatic heterocycles. The van der Waals surface area contributed by atoms with Gasteiger partial charge in [0, 0.05) is 12.1 Å². The quantitative estimate of drug-likeness (QED) is 0.900. The zero-order chi connectivity index (χ0) is 12.6. The van der Waals surface area contributed by atoms with Crippen molar-refractivity contribution < 1.29 is 5.11 Å². The number of hydrogen-bond donors (Lipinski definition) is 1. The van der Waals surface area contributed by atoms with E-state index in [9.17, 15) is 5.11 Å². The highest BCUT2D eigenvalue weighted by molar-refractivity contribution is 7.15. The molecule has 1 saturated heterocycles. The van der Waals surface area contributed by atoms with E-state index >= 15 is 0 Å². The second-order valence-corrected chi connectivity index (χ2v) is 6.75. The van der Waals surface area contributed by atoms with Crippen molar-refractivity contribution in [3.63, 3.8) is 0 Å². The molecule has 1 fully saturated rings. The average Bonchev–Trinajstić information content (AvgIpc) is 2.80. The molecule has 1 aliphatic rings. The number of thiazole rings is 1. The molecule has 0 aliphatic carbocycles. The number of aliphatic hydroxyl groups is 1. The second kappa shape index (κ2) is 4.58. The third kappa shape index (κ3) is 2.33. The first kappa shape index (κ1) is 12.8. The highest BCUT2D eigenvalue weighted by atomic mass is 32.1. The number of anilines is 1. The van der Waals surface area contributed by atoms with Crippen LogP contribution in [0, 0.1) is 0 Å². The molecular formula is C13H22N2OS. The van der Waals surface area contributed by atoms with E-state index in [0.29, 0.717) is 5.92 Å². The van der Waals surface area contributed by atoms with E-state index in [1.54, 1.807) is 11.3 Å². The molecule has 1 aliphatic heterocycles. The molecular weight excluding hydrogens is 232 g/mol. The lowest BCUT2D eigenvalue weighted by molar-refractivity contribution is 0.283. The molecule has 0 atom stereocenters. The summed E-state index contributed by atoms with van der Waals surface area (Å²) in [7, 11) is 0. The third-order valence-corrected chi connectivity index (χ3v) is 4.62. The molecule has 0 unspecified atom stereocenters. The summed E-state index contributed by atoms with van der Waals surface area (Å²) >= 11 is 1.65. The third-order valence-electron chi connectivity index (χ3n) is 3.54. The van der Waals surface area contributed by atoms with Crippen LogP contribution in [-0.4, -0.2) is 22.2 Å². The van der Waals surface area contributed by atoms with Gasteiger partial charge in [-0.15, -0.1) is 0 Å². The summed E-state index contributed by atoms with van der Waals surface area (Å²) in [6.45, 7) is 10.0. The van der Waals surface area contributed by atoms with Crippen LogP contribution in [0.1, 0.15) is 57.0 Å². The Morgan fingerprint density at radius 1 is 1.47 bits per heavy atom. The van der Waals surface area contributed by atoms with Crippen LogP contribution in [0.3, 0.4) is 0 Å². The van der Waals surface area contributed by atoms with E-state index in [0.717, 1.165) is 22.2 Å². The summed E-state index contributed by atoms with van der Waals surface area (Å²) in [6, 6.07) is 0. The average molecular weight is 254 g/mol. The zero-order valence-electron chi connectivity index (χ0n) is 11.2. The Balaban J connectivity index is 2.33. The molecule has 0 spiro atoms. The van der Waals surface area contributed by atoms with E-state index in [2.05, 4.69) is 32.6 Å². The van der Waals surface area contributed by atoms with Crippen molar-refractivity contribution in [3.8, 4) is 0 Å². The first-order chi connectivity index (χ1) is 7.95. The minimum Gasteiger partial charge on any atom is -0.391 e. The number of rotatable bonds is 3. The van der Waals surface area contributed by atoms with E-state index < -0.39 is 0 Å². The molecule has 0 amide bonds. The van der Waals surface area contributed by atoms with Crippen molar-refractivity contribution >= 4 is 16.5 Å². The fourth-order valence-corrected chi connectivity index (χ4v) is 3.76. The minimum atomic E-state index is 0.111. The van der Waals surface area contributed by atoms with Gasteiger partial charge in [0.2, 0.25) is 0 Å². The van der Waals surface area contributed by atoms with Crippen LogP contribution in [-0.2, 0) is 6.61 Å². The van der Waals surface area contributed by atoms with Gasteiger partial charge in [0.05, 0.1) is 17.2 Å². The summed E-state index contributed by atoms with van der Waals surface area (Å²) in [5.74, 6) is 0.382. The number of nitrogens with zero attached hydrogens (tertiary/aromatic N) is 2. The van der Waals surface area contributed by atoms with E-state index in [1.807, 2.05) is 0 Å². The van der Waals surface area contributed by atoms with Crippen LogP contribution in [0.4, 0.5) is 5.13 Å². The van der Waals surface area contributed by atoms with Crippen LogP contribution in [0.5, 0.6) is 0 Å². The Morgan fingerprint density at radius 2 is 2.18 bits per heavy atom. The van der Waals surface area contributed by atoms with Gasteiger partial charge in [-0.2, -0.15) is 0 Å². The van der Waals surface area contributed by atoms with Crippen LogP contribution < -0.4 is 4.90 Å². The van der Waals surface area contributed by atoms with Crippen molar-refractivity contribution in [2.45, 2.75) is 58.6 Å². The zero-order valence-corrected chi connectivity index (χ0v) is 12.0. The lowest BCUT2D eigenvalue weighted by Gasteiger charge is -2.31. The summed E-state index contributed by atoms with van der Waals surface area (Å²) in [5.41, 5.74) is 1.27. The van der Waals surface area contributed by atoms with Crippen molar-refractivity contribution in [2.24, 2.45) is 0 Å². The lowest BCUT2D eigenvalue weighted by Crippen LogP contribution is -2.38. The summed E-state index contributed by atoms with van der Waals surface area (Å²) in [6.07, 6.45) is 2.45. The van der Waals surface area contributed by atoms with Gasteiger partial charge in [0.1, 0.15) is 0 Å². The first-order valence-electron chi connectivity index (χ1n) is 6.34. The van der Waals surface area contributed by atoms with Crippen LogP contribution in [0.25, 0.3) is 0 Å². The van der Waals surface area contributed by atoms with E-state index in [4.69, 9.17) is 4.98 Å². The minimum absolute atomic E-state index is 0.111. The Labute approximate surface area is 107 Å². The molecule has 2 rings (SSSR count). The normalized spacial score (nSPS) is 19.3. The van der Waals surface area contributed by atoms with Crippen molar-refractivity contribution in [1.29, 1.82) is 0 Å². The second-order valence-electron chi connectivity index (χ2n) is 5.69. The molecule has 0 radical (unpaired) electrons. The molecule has 3 nitrogen and oxygen atoms in total. The van der Waals surface area contributed by atoms with Gasteiger partial charge in [-0.3, -0.25) is 0 Å². The molecule has 2 heterocycles. The smallest absolute Gasteiger partial charge is 0.186 e. The van der Waals surface area contributed by atoms with Gasteiger partial charge >= 0.3 is 0 Å². The maximum absolute atomic E-state index is 9.41. The van der Waals surface area contributed by atoms with Crippen molar-refractivity contribution in [3.05, 3.63) is 10.6 Å². The van der Waals surface area contributed by atoms with Crippen LogP contribution >= 0.6 is 11.3 Å². The Bertz CT molecular complexity index is 398. The number of aromatic nitrogens is 1. The maximum atomic E-state index is 9.41. The molecule has 0 saturated carbocycles. The maximum Gasteiger partial charge on any atom is 0.186 e. The molecule has 96 valence electrons. The predicted molar refractivity (Wildman–Crippen MR) is 72.8 cm³/mol. The van der Waals surface area contributed by atoms with Crippen molar-refractivity contribution in [1.82, 2.24) is 4.98 Å². The van der Waals surface area contributed by atoms with E-state index in [1.165, 1.54) is 12.8 Å². The lowest BCUT2D eigenvalue weighted by atomic mass is 10.0. The van der Waals surface area contributed by atoms with Gasteiger partial charge < -0.3 is 10.0 Å². The van der Waals surface area contributed by atoms with Gasteiger partial charge in [0.25, 0.3) is 0 Å². The fraction of sp³-hybridized carbons (Fsp3) is 0.769. The summed E-state index contributed by atoms with van der Waals surface area (Å²) in [5, 5.41) is 10.5. The molecule has 1 N–H and O–H groups in total. The molecule has 4 heteroatoms. The van der Waals surface area contributed by atoms with E-state index in [-0.39, 0.29) is 12.1 Å². The van der Waals surface area contributed by atoms with Gasteiger partial charge in [-0.1, -0.05) is 25.2 Å². The van der Waals surface area contributed by atoms with Crippen molar-refractivity contribution in [2.75, 3.05) is 11.4 Å². The highest BCUT2D eigenvalue weighted by Gasteiger charge is 2.34. The Morgan fingerprint density at radius 3 is 2.59 bits per heavy atom. The molecule has 0 aromatic carbocycles. The molecule has 0 bridgehead atoms. The number of aliphatic hydroxyl groups excluding tert-OH is 1. The molecule has 17 heavy (non-hydrogen) atoms. The molecule has 1 aromatic rings. The summed E-state index contributed by atoms with van der Waals surface area (Å²) in [4.78, 5) is 8.16. The van der Waals surface area contributed by atoms with Crippen LogP contribution in [0.2, 0.25) is 0 Å². The van der Waals surface area contributed by atoms with Gasteiger partial charge in [-0.05, 0) is 32.6 Å². The van der Waals surface area contributed by atoms with Gasteiger partial charge in [0.15, 0.2) is 5.13 Å². The predicted octanol–water partition coefficient (Wildman–Crippen LogP) is 3.14. The number of hydrogen-bond acceptors (Lipinski definition) is 4. The largest absolute Gasteiger partial charge is 0.391 e.